The van der Waals surface area contributed by atoms with E-state index in [1.54, 1.807) is 0 Å². The summed E-state index contributed by atoms with van der Waals surface area (Å²) in [5.74, 6) is -0.747. The molecule has 98 valence electrons. The third kappa shape index (κ3) is 3.05. The van der Waals surface area contributed by atoms with Crippen LogP contribution in [0.4, 0.5) is 0 Å². The van der Waals surface area contributed by atoms with Gasteiger partial charge in [0.2, 0.25) is 0 Å². The smallest absolute Gasteiger partial charge is 0.308 e. The van der Waals surface area contributed by atoms with Crippen LogP contribution in [0.25, 0.3) is 0 Å². The van der Waals surface area contributed by atoms with Gasteiger partial charge in [-0.2, -0.15) is 0 Å². The summed E-state index contributed by atoms with van der Waals surface area (Å²) in [5, 5.41) is 9.78. The van der Waals surface area contributed by atoms with E-state index in [1.165, 1.54) is 0 Å². The van der Waals surface area contributed by atoms with Crippen molar-refractivity contribution in [1.82, 2.24) is 4.90 Å². The fourth-order valence-electron chi connectivity index (χ4n) is 2.41. The first kappa shape index (κ1) is 13.8. The molecule has 1 aromatic rings. The molecule has 0 aromatic heterocycles. The number of nitrogens with zero attached hydrogens (tertiary/aromatic N) is 1. The van der Waals surface area contributed by atoms with Gasteiger partial charge >= 0.3 is 5.97 Å². The van der Waals surface area contributed by atoms with Gasteiger partial charge in [-0.15, -0.1) is 0 Å². The van der Waals surface area contributed by atoms with Crippen LogP contribution >= 0.6 is 27.5 Å². The highest BCUT2D eigenvalue weighted by Crippen LogP contribution is 2.27. The molecule has 2 rings (SSSR count). The maximum Gasteiger partial charge on any atom is 0.308 e. The highest BCUT2D eigenvalue weighted by atomic mass is 79.9. The van der Waals surface area contributed by atoms with Crippen LogP contribution in [0.5, 0.6) is 0 Å². The lowest BCUT2D eigenvalue weighted by atomic mass is 9.99. The number of carboxylic acid groups (broad SMARTS) is 1. The summed E-state index contributed by atoms with van der Waals surface area (Å²) < 4.78 is 0.881. The van der Waals surface area contributed by atoms with E-state index in [1.807, 2.05) is 25.1 Å². The number of carbonyl (C=O) groups is 1. The van der Waals surface area contributed by atoms with Crippen molar-refractivity contribution in [3.8, 4) is 0 Å². The van der Waals surface area contributed by atoms with Gasteiger partial charge in [-0.25, -0.2) is 0 Å². The van der Waals surface area contributed by atoms with Crippen LogP contribution in [-0.2, 0) is 11.3 Å². The maximum atomic E-state index is 11.1. The number of rotatable bonds is 3. The van der Waals surface area contributed by atoms with E-state index in [0.29, 0.717) is 11.6 Å². The maximum absolute atomic E-state index is 11.1. The molecule has 2 atom stereocenters. The van der Waals surface area contributed by atoms with Gasteiger partial charge in [0.1, 0.15) is 0 Å². The van der Waals surface area contributed by atoms with Crippen molar-refractivity contribution < 1.29 is 9.90 Å². The summed E-state index contributed by atoms with van der Waals surface area (Å²) in [4.78, 5) is 13.2. The fraction of sp³-hybridized carbons (Fsp3) is 0.462. The van der Waals surface area contributed by atoms with Crippen molar-refractivity contribution in [3.63, 3.8) is 0 Å². The summed E-state index contributed by atoms with van der Waals surface area (Å²) in [6.45, 7) is 4.18. The fourth-order valence-corrected chi connectivity index (χ4v) is 2.86. The number of aliphatic carboxylic acids is 1. The highest BCUT2D eigenvalue weighted by Gasteiger charge is 2.34. The Bertz CT molecular complexity index is 466. The van der Waals surface area contributed by atoms with Crippen molar-refractivity contribution in [1.29, 1.82) is 0 Å². The van der Waals surface area contributed by atoms with E-state index < -0.39 is 5.97 Å². The average molecular weight is 333 g/mol. The molecule has 0 spiro atoms. The second-order valence-corrected chi connectivity index (χ2v) is 6.13. The minimum atomic E-state index is -0.696. The van der Waals surface area contributed by atoms with E-state index in [0.717, 1.165) is 23.1 Å². The Morgan fingerprint density at radius 2 is 2.28 bits per heavy atom. The van der Waals surface area contributed by atoms with E-state index in [2.05, 4.69) is 20.8 Å². The van der Waals surface area contributed by atoms with Gasteiger partial charge in [-0.05, 0) is 39.5 Å². The average Bonchev–Trinajstić information content (AvgIpc) is 2.65. The van der Waals surface area contributed by atoms with Gasteiger partial charge in [0, 0.05) is 24.1 Å². The first-order valence-corrected chi connectivity index (χ1v) is 7.03. The molecule has 1 saturated heterocycles. The van der Waals surface area contributed by atoms with Gasteiger partial charge in [0.05, 0.1) is 10.9 Å². The second-order valence-electron chi connectivity index (χ2n) is 4.86. The molecule has 5 heteroatoms. The molecule has 0 aliphatic carbocycles. The SMILES string of the molecule is CC1CN(Cc2ccc(Br)c(Cl)c2)CC1C(=O)O. The van der Waals surface area contributed by atoms with Crippen LogP contribution in [0.3, 0.4) is 0 Å². The molecule has 0 radical (unpaired) electrons. The van der Waals surface area contributed by atoms with E-state index in [-0.39, 0.29) is 11.8 Å². The minimum absolute atomic E-state index is 0.202. The first-order chi connectivity index (χ1) is 8.47. The standard InChI is InChI=1S/C13H15BrClNO2/c1-8-5-16(7-10(8)13(17)18)6-9-2-3-11(14)12(15)4-9/h2-4,8,10H,5-7H2,1H3,(H,17,18). The lowest BCUT2D eigenvalue weighted by Gasteiger charge is -2.15. The van der Waals surface area contributed by atoms with Crippen LogP contribution < -0.4 is 0 Å². The second kappa shape index (κ2) is 5.59. The number of carboxylic acids is 1. The molecule has 0 amide bonds. The van der Waals surface area contributed by atoms with Gasteiger partial charge in [0.15, 0.2) is 0 Å². The van der Waals surface area contributed by atoms with Gasteiger partial charge < -0.3 is 5.11 Å². The Labute approximate surface area is 120 Å². The molecule has 1 aromatic carbocycles. The number of benzene rings is 1. The minimum Gasteiger partial charge on any atom is -0.481 e. The van der Waals surface area contributed by atoms with Crippen molar-refractivity contribution in [2.75, 3.05) is 13.1 Å². The van der Waals surface area contributed by atoms with Crippen LogP contribution in [0.15, 0.2) is 22.7 Å². The van der Waals surface area contributed by atoms with E-state index >= 15 is 0 Å². The lowest BCUT2D eigenvalue weighted by Crippen LogP contribution is -2.23. The molecule has 18 heavy (non-hydrogen) atoms. The molecule has 2 unspecified atom stereocenters. The third-order valence-corrected chi connectivity index (χ3v) is 4.63. The Morgan fingerprint density at radius 1 is 1.56 bits per heavy atom. The van der Waals surface area contributed by atoms with Crippen molar-refractivity contribution in [3.05, 3.63) is 33.3 Å². The van der Waals surface area contributed by atoms with Crippen LogP contribution in [0, 0.1) is 11.8 Å². The zero-order valence-electron chi connectivity index (χ0n) is 10.1. The summed E-state index contributed by atoms with van der Waals surface area (Å²) in [6.07, 6.45) is 0. The Hall–Kier alpha value is -0.580. The van der Waals surface area contributed by atoms with Gasteiger partial charge in [-0.1, -0.05) is 24.6 Å². The molecule has 1 aliphatic heterocycles. The van der Waals surface area contributed by atoms with Gasteiger partial charge in [0.25, 0.3) is 0 Å². The van der Waals surface area contributed by atoms with Crippen LogP contribution in [0.2, 0.25) is 5.02 Å². The summed E-state index contributed by atoms with van der Waals surface area (Å²) in [6, 6.07) is 5.85. The molecular weight excluding hydrogens is 318 g/mol. The van der Waals surface area contributed by atoms with Crippen molar-refractivity contribution in [2.24, 2.45) is 11.8 Å². The summed E-state index contributed by atoms with van der Waals surface area (Å²) in [7, 11) is 0. The van der Waals surface area contributed by atoms with Crippen LogP contribution in [-0.4, -0.2) is 29.1 Å². The van der Waals surface area contributed by atoms with E-state index in [9.17, 15) is 4.79 Å². The number of likely N-dealkylation sites (tertiary alicyclic amines) is 1. The monoisotopic (exact) mass is 331 g/mol. The first-order valence-electron chi connectivity index (χ1n) is 5.86. The van der Waals surface area contributed by atoms with E-state index in [4.69, 9.17) is 16.7 Å². The predicted octanol–water partition coefficient (Wildman–Crippen LogP) is 3.26. The molecule has 1 fully saturated rings. The Morgan fingerprint density at radius 3 is 2.83 bits per heavy atom. The molecule has 1 N–H and O–H groups in total. The predicted molar refractivity (Wildman–Crippen MR) is 74.7 cm³/mol. The van der Waals surface area contributed by atoms with Crippen molar-refractivity contribution in [2.45, 2.75) is 13.5 Å². The zero-order valence-corrected chi connectivity index (χ0v) is 12.4. The Kier molecular flexibility index (Phi) is 4.30. The molecule has 0 saturated carbocycles. The number of hydrogen-bond donors (Lipinski definition) is 1. The molecule has 3 nitrogen and oxygen atoms in total. The number of halogens is 2. The highest BCUT2D eigenvalue weighted by molar-refractivity contribution is 9.10. The lowest BCUT2D eigenvalue weighted by molar-refractivity contribution is -0.142. The normalized spacial score (nSPS) is 24.4. The van der Waals surface area contributed by atoms with Gasteiger partial charge in [-0.3, -0.25) is 9.69 Å². The molecule has 1 aliphatic rings. The quantitative estimate of drug-likeness (QED) is 0.923. The zero-order chi connectivity index (χ0) is 13.3. The van der Waals surface area contributed by atoms with Crippen LogP contribution in [0.1, 0.15) is 12.5 Å². The topological polar surface area (TPSA) is 40.5 Å². The largest absolute Gasteiger partial charge is 0.481 e. The summed E-state index contributed by atoms with van der Waals surface area (Å²) in [5.41, 5.74) is 1.11. The molecule has 0 bridgehead atoms. The third-order valence-electron chi connectivity index (χ3n) is 3.40. The van der Waals surface area contributed by atoms with Crippen molar-refractivity contribution >= 4 is 33.5 Å². The summed E-state index contributed by atoms with van der Waals surface area (Å²) >= 11 is 9.40. The number of hydrogen-bond acceptors (Lipinski definition) is 2. The Balaban J connectivity index is 2.03. The molecular formula is C13H15BrClNO2. The molecule has 1 heterocycles.